The highest BCUT2D eigenvalue weighted by Crippen LogP contribution is 2.28. The van der Waals surface area contributed by atoms with Gasteiger partial charge in [0.2, 0.25) is 0 Å². The van der Waals surface area contributed by atoms with E-state index in [-0.39, 0.29) is 33.9 Å². The summed E-state index contributed by atoms with van der Waals surface area (Å²) in [6, 6.07) is 7.35. The van der Waals surface area contributed by atoms with E-state index in [0.29, 0.717) is 11.4 Å². The van der Waals surface area contributed by atoms with Crippen molar-refractivity contribution in [1.82, 2.24) is 4.98 Å². The maximum absolute atomic E-state index is 12.2. The molecule has 0 bridgehead atoms. The molecule has 2 aromatic rings. The van der Waals surface area contributed by atoms with Crippen molar-refractivity contribution in [2.45, 2.75) is 0 Å². The number of ketones is 1. The third-order valence-electron chi connectivity index (χ3n) is 3.27. The Morgan fingerprint density at radius 2 is 2.04 bits per heavy atom. The predicted octanol–water partition coefficient (Wildman–Crippen LogP) is 2.76. The predicted molar refractivity (Wildman–Crippen MR) is 89.4 cm³/mol. The van der Waals surface area contributed by atoms with E-state index in [2.05, 4.69) is 10.3 Å². The number of pyridine rings is 1. The largest absolute Gasteiger partial charge is 0.482 e. The van der Waals surface area contributed by atoms with Gasteiger partial charge in [0.15, 0.2) is 24.7 Å². The number of esters is 1. The number of nitrogens with one attached hydrogen (secondary N) is 1. The summed E-state index contributed by atoms with van der Waals surface area (Å²) in [6.07, 6.45) is 0. The summed E-state index contributed by atoms with van der Waals surface area (Å²) in [5, 5.41) is 2.74. The summed E-state index contributed by atoms with van der Waals surface area (Å²) in [5.41, 5.74) is 0.462. The van der Waals surface area contributed by atoms with E-state index in [0.717, 1.165) is 0 Å². The summed E-state index contributed by atoms with van der Waals surface area (Å²) < 4.78 is 10.1. The average molecular weight is 381 g/mol. The number of halogens is 2. The van der Waals surface area contributed by atoms with Gasteiger partial charge in [-0.15, -0.1) is 0 Å². The lowest BCUT2D eigenvalue weighted by Crippen LogP contribution is -2.25. The van der Waals surface area contributed by atoms with Crippen molar-refractivity contribution < 1.29 is 23.9 Å². The molecule has 0 atom stereocenters. The summed E-state index contributed by atoms with van der Waals surface area (Å²) in [7, 11) is 0. The summed E-state index contributed by atoms with van der Waals surface area (Å²) in [4.78, 5) is 39.3. The Kier molecular flexibility index (Phi) is 4.87. The molecular weight excluding hydrogens is 371 g/mol. The van der Waals surface area contributed by atoms with Gasteiger partial charge in [-0.05, 0) is 30.3 Å². The van der Waals surface area contributed by atoms with Gasteiger partial charge in [0.25, 0.3) is 5.91 Å². The van der Waals surface area contributed by atoms with Gasteiger partial charge < -0.3 is 14.8 Å². The molecule has 0 radical (unpaired) electrons. The second-order valence-electron chi connectivity index (χ2n) is 5.01. The second-order valence-corrected chi connectivity index (χ2v) is 5.81. The quantitative estimate of drug-likeness (QED) is 0.497. The first-order valence-corrected chi connectivity index (χ1v) is 7.78. The third-order valence-corrected chi connectivity index (χ3v) is 3.79. The number of nitrogens with zero attached hydrogens (tertiary/aromatic N) is 1. The van der Waals surface area contributed by atoms with Crippen LogP contribution in [-0.2, 0) is 9.53 Å². The first-order chi connectivity index (χ1) is 11.9. The van der Waals surface area contributed by atoms with Crippen molar-refractivity contribution >= 4 is 46.5 Å². The number of fused-ring (bicyclic) bond motifs is 1. The highest BCUT2D eigenvalue weighted by molar-refractivity contribution is 6.34. The first kappa shape index (κ1) is 17.2. The molecule has 2 heterocycles. The van der Waals surface area contributed by atoms with Crippen LogP contribution in [0.2, 0.25) is 10.2 Å². The number of hydrogen-bond acceptors (Lipinski definition) is 6. The molecule has 0 spiro atoms. The number of carbonyl (C=O) groups is 3. The van der Waals surface area contributed by atoms with Gasteiger partial charge in [0, 0.05) is 5.56 Å². The fraction of sp³-hybridized carbons (Fsp3) is 0.125. The molecule has 1 aromatic heterocycles. The van der Waals surface area contributed by atoms with Crippen molar-refractivity contribution in [3.05, 3.63) is 51.8 Å². The molecule has 0 saturated carbocycles. The van der Waals surface area contributed by atoms with Crippen LogP contribution in [0.3, 0.4) is 0 Å². The van der Waals surface area contributed by atoms with Crippen LogP contribution in [0.25, 0.3) is 0 Å². The minimum atomic E-state index is -0.865. The lowest BCUT2D eigenvalue weighted by atomic mass is 10.1. The van der Waals surface area contributed by atoms with Crippen LogP contribution in [0.15, 0.2) is 30.3 Å². The number of amides is 1. The molecule has 25 heavy (non-hydrogen) atoms. The lowest BCUT2D eigenvalue weighted by molar-refractivity contribution is -0.118. The molecule has 1 aliphatic rings. The Morgan fingerprint density at radius 3 is 2.84 bits per heavy atom. The Hall–Kier alpha value is -2.64. The summed E-state index contributed by atoms with van der Waals surface area (Å²) >= 11 is 11.6. The maximum atomic E-state index is 12.2. The maximum Gasteiger partial charge on any atom is 0.359 e. The van der Waals surface area contributed by atoms with Gasteiger partial charge in [-0.3, -0.25) is 9.59 Å². The van der Waals surface area contributed by atoms with Gasteiger partial charge in [-0.2, -0.15) is 0 Å². The van der Waals surface area contributed by atoms with Crippen LogP contribution in [-0.4, -0.2) is 35.9 Å². The highest BCUT2D eigenvalue weighted by atomic mass is 35.5. The molecule has 1 aromatic carbocycles. The molecule has 3 rings (SSSR count). The molecular formula is C16H10Cl2N2O5. The van der Waals surface area contributed by atoms with Gasteiger partial charge >= 0.3 is 5.97 Å². The van der Waals surface area contributed by atoms with Gasteiger partial charge in [-0.1, -0.05) is 23.2 Å². The Morgan fingerprint density at radius 1 is 1.24 bits per heavy atom. The molecule has 128 valence electrons. The first-order valence-electron chi connectivity index (χ1n) is 7.03. The highest BCUT2D eigenvalue weighted by Gasteiger charge is 2.20. The molecule has 1 N–H and O–H groups in total. The number of hydrogen-bond donors (Lipinski definition) is 1. The lowest BCUT2D eigenvalue weighted by Gasteiger charge is -2.18. The van der Waals surface area contributed by atoms with Crippen molar-refractivity contribution in [2.75, 3.05) is 18.5 Å². The number of ether oxygens (including phenoxy) is 2. The van der Waals surface area contributed by atoms with Crippen molar-refractivity contribution in [1.29, 1.82) is 0 Å². The number of rotatable bonds is 4. The molecule has 7 nitrogen and oxygen atoms in total. The normalized spacial score (nSPS) is 12.6. The SMILES string of the molecule is O=C1COc2ccc(C(=O)COC(=O)c3nc(Cl)ccc3Cl)cc2N1. The van der Waals surface area contributed by atoms with E-state index in [9.17, 15) is 14.4 Å². The topological polar surface area (TPSA) is 94.6 Å². The summed E-state index contributed by atoms with van der Waals surface area (Å²) in [5.74, 6) is -1.18. The Balaban J connectivity index is 1.68. The van der Waals surface area contributed by atoms with E-state index >= 15 is 0 Å². The molecule has 0 fully saturated rings. The molecule has 9 heteroatoms. The van der Waals surface area contributed by atoms with E-state index in [4.69, 9.17) is 32.7 Å². The van der Waals surface area contributed by atoms with Crippen molar-refractivity contribution in [3.63, 3.8) is 0 Å². The number of benzene rings is 1. The zero-order chi connectivity index (χ0) is 18.0. The van der Waals surface area contributed by atoms with Crippen molar-refractivity contribution in [2.24, 2.45) is 0 Å². The fourth-order valence-electron chi connectivity index (χ4n) is 2.10. The number of anilines is 1. The molecule has 0 saturated heterocycles. The zero-order valence-corrected chi connectivity index (χ0v) is 14.1. The molecule has 0 aliphatic carbocycles. The molecule has 1 aliphatic heterocycles. The third kappa shape index (κ3) is 3.89. The summed E-state index contributed by atoms with van der Waals surface area (Å²) in [6.45, 7) is -0.595. The number of aromatic nitrogens is 1. The van der Waals surface area contributed by atoms with E-state index < -0.39 is 18.4 Å². The minimum Gasteiger partial charge on any atom is -0.482 e. The second kappa shape index (κ2) is 7.08. The average Bonchev–Trinajstić information content (AvgIpc) is 2.60. The molecule has 1 amide bonds. The van der Waals surface area contributed by atoms with Crippen molar-refractivity contribution in [3.8, 4) is 5.75 Å². The Bertz CT molecular complexity index is 885. The van der Waals surface area contributed by atoms with Crippen LogP contribution in [0.1, 0.15) is 20.8 Å². The van der Waals surface area contributed by atoms with E-state index in [1.165, 1.54) is 24.3 Å². The minimum absolute atomic E-state index is 0.0653. The van der Waals surface area contributed by atoms with Gasteiger partial charge in [0.05, 0.1) is 10.7 Å². The van der Waals surface area contributed by atoms with Crippen LogP contribution in [0.5, 0.6) is 5.75 Å². The number of Topliss-reactive ketones (excluding diaryl/α,β-unsaturated/α-hetero) is 1. The van der Waals surface area contributed by atoms with E-state index in [1.807, 2.05) is 0 Å². The van der Waals surface area contributed by atoms with Crippen LogP contribution in [0, 0.1) is 0 Å². The van der Waals surface area contributed by atoms with Crippen LogP contribution < -0.4 is 10.1 Å². The van der Waals surface area contributed by atoms with Crippen LogP contribution >= 0.6 is 23.2 Å². The Labute approximate surface area is 151 Å². The zero-order valence-electron chi connectivity index (χ0n) is 12.5. The number of carbonyl (C=O) groups excluding carboxylic acids is 3. The standard InChI is InChI=1S/C16H10Cl2N2O5/c17-9-2-4-13(18)20-15(9)16(23)25-6-11(21)8-1-3-12-10(5-8)19-14(22)7-24-12/h1-5H,6-7H2,(H,19,22). The fourth-order valence-corrected chi connectivity index (χ4v) is 2.43. The van der Waals surface area contributed by atoms with E-state index in [1.54, 1.807) is 6.07 Å². The monoisotopic (exact) mass is 380 g/mol. The molecule has 0 unspecified atom stereocenters. The van der Waals surface area contributed by atoms with Gasteiger partial charge in [-0.25, -0.2) is 9.78 Å². The van der Waals surface area contributed by atoms with Crippen LogP contribution in [0.4, 0.5) is 5.69 Å². The van der Waals surface area contributed by atoms with Gasteiger partial charge in [0.1, 0.15) is 10.9 Å². The smallest absolute Gasteiger partial charge is 0.359 e.